The van der Waals surface area contributed by atoms with Crippen molar-refractivity contribution in [1.29, 1.82) is 0 Å². The van der Waals surface area contributed by atoms with E-state index < -0.39 is 11.9 Å². The number of benzene rings is 3. The maximum absolute atomic E-state index is 14.4. The van der Waals surface area contributed by atoms with Crippen molar-refractivity contribution in [2.75, 3.05) is 40.3 Å². The number of likely N-dealkylation sites (N-methyl/N-ethyl adjacent to an activating group) is 2. The number of hydrogen-bond acceptors (Lipinski definition) is 4. The van der Waals surface area contributed by atoms with Gasteiger partial charge >= 0.3 is 0 Å². The Labute approximate surface area is 268 Å². The number of halogens is 3. The van der Waals surface area contributed by atoms with Gasteiger partial charge in [0.05, 0.1) is 18.6 Å². The summed E-state index contributed by atoms with van der Waals surface area (Å²) in [6, 6.07) is 18.1. The van der Waals surface area contributed by atoms with E-state index in [1.165, 1.54) is 17.0 Å². The van der Waals surface area contributed by atoms with Crippen LogP contribution in [0, 0.1) is 5.82 Å². The van der Waals surface area contributed by atoms with E-state index in [0.717, 1.165) is 5.56 Å². The molecule has 0 aliphatic carbocycles. The van der Waals surface area contributed by atoms with Crippen LogP contribution in [0.1, 0.15) is 47.2 Å². The Bertz CT molecular complexity index is 1440. The van der Waals surface area contributed by atoms with E-state index in [4.69, 9.17) is 27.9 Å². The highest BCUT2D eigenvalue weighted by Crippen LogP contribution is 2.26. The fraction of sp³-hybridized carbons (Fsp3) is 0.382. The van der Waals surface area contributed by atoms with Gasteiger partial charge in [0.15, 0.2) is 0 Å². The lowest BCUT2D eigenvalue weighted by atomic mass is 10.0. The minimum Gasteiger partial charge on any atom is -0.493 e. The van der Waals surface area contributed by atoms with Crippen LogP contribution in [-0.4, -0.2) is 78.8 Å². The molecule has 10 heteroatoms. The Kier molecular flexibility index (Phi) is 12.0. The lowest BCUT2D eigenvalue weighted by Crippen LogP contribution is -2.49. The molecule has 0 N–H and O–H groups in total. The van der Waals surface area contributed by atoms with E-state index >= 15 is 0 Å². The summed E-state index contributed by atoms with van der Waals surface area (Å²) in [7, 11) is 3.36. The van der Waals surface area contributed by atoms with Gasteiger partial charge < -0.3 is 19.4 Å². The number of carbonyl (C=O) groups excluding carboxylic acids is 3. The minimum atomic E-state index is -0.763. The number of rotatable bonds is 4. The highest BCUT2D eigenvalue weighted by atomic mass is 35.5. The Balaban J connectivity index is 1.58. The number of carbonyl (C=O) groups is 3. The molecule has 3 amide bonds. The zero-order valence-electron chi connectivity index (χ0n) is 25.1. The number of nitrogens with zero attached hydrogens (tertiary/aromatic N) is 3. The summed E-state index contributed by atoms with van der Waals surface area (Å²) in [4.78, 5) is 45.8. The largest absolute Gasteiger partial charge is 0.493 e. The highest BCUT2D eigenvalue weighted by Gasteiger charge is 2.31. The third-order valence-corrected chi connectivity index (χ3v) is 8.48. The van der Waals surface area contributed by atoms with Gasteiger partial charge in [0.1, 0.15) is 17.6 Å². The summed E-state index contributed by atoms with van der Waals surface area (Å²) in [5, 5.41) is 0.604. The van der Waals surface area contributed by atoms with Crippen molar-refractivity contribution in [2.24, 2.45) is 0 Å². The molecular formula is C34H38Cl2FN3O4. The number of hydrogen-bond donors (Lipinski definition) is 0. The average Bonchev–Trinajstić information content (AvgIpc) is 3.02. The van der Waals surface area contributed by atoms with Crippen LogP contribution in [0.15, 0.2) is 66.7 Å². The second-order valence-corrected chi connectivity index (χ2v) is 11.9. The van der Waals surface area contributed by atoms with Crippen LogP contribution < -0.4 is 4.74 Å². The summed E-state index contributed by atoms with van der Waals surface area (Å²) < 4.78 is 20.5. The summed E-state index contributed by atoms with van der Waals surface area (Å²) >= 11 is 12.5. The van der Waals surface area contributed by atoms with E-state index in [0.29, 0.717) is 69.1 Å². The van der Waals surface area contributed by atoms with Crippen LogP contribution in [0.4, 0.5) is 4.39 Å². The van der Waals surface area contributed by atoms with Crippen molar-refractivity contribution >= 4 is 40.9 Å². The standard InChI is InChI=1S/C34H38Cl2FN3O4/c1-38-17-6-7-18-40(32(41)23-26-28(36)13-10-14-29(26)37)19-8-9-20-44-31-16-15-25(35)22-27(31)33(42)39(2)30(34(38)43)21-24-11-4-3-5-12-24/h3-5,10-16,22,30H,6-9,17-21,23H2,1-2H3/t30-/m0/s1. The summed E-state index contributed by atoms with van der Waals surface area (Å²) in [5.41, 5.74) is 1.39. The van der Waals surface area contributed by atoms with Gasteiger partial charge in [-0.25, -0.2) is 4.39 Å². The predicted molar refractivity (Wildman–Crippen MR) is 171 cm³/mol. The number of ether oxygens (including phenoxy) is 1. The normalized spacial score (nSPS) is 17.6. The third-order valence-electron chi connectivity index (χ3n) is 7.89. The van der Waals surface area contributed by atoms with Gasteiger partial charge in [-0.05, 0) is 61.6 Å². The van der Waals surface area contributed by atoms with E-state index in [2.05, 4.69) is 0 Å². The summed E-state index contributed by atoms with van der Waals surface area (Å²) in [6.07, 6.45) is 2.75. The molecule has 44 heavy (non-hydrogen) atoms. The van der Waals surface area contributed by atoms with E-state index in [-0.39, 0.29) is 40.3 Å². The van der Waals surface area contributed by atoms with E-state index in [9.17, 15) is 18.8 Å². The maximum Gasteiger partial charge on any atom is 0.258 e. The van der Waals surface area contributed by atoms with Gasteiger partial charge in [0.25, 0.3) is 5.91 Å². The number of amides is 3. The van der Waals surface area contributed by atoms with Crippen molar-refractivity contribution in [1.82, 2.24) is 14.7 Å². The van der Waals surface area contributed by atoms with Crippen LogP contribution in [-0.2, 0) is 22.4 Å². The molecular weight excluding hydrogens is 604 g/mol. The van der Waals surface area contributed by atoms with E-state index in [1.54, 1.807) is 48.2 Å². The zero-order valence-corrected chi connectivity index (χ0v) is 26.6. The van der Waals surface area contributed by atoms with Crippen LogP contribution in [0.2, 0.25) is 10.0 Å². The van der Waals surface area contributed by atoms with Gasteiger partial charge in [-0.15, -0.1) is 0 Å². The molecule has 0 saturated carbocycles. The molecule has 0 aromatic heterocycles. The summed E-state index contributed by atoms with van der Waals surface area (Å²) in [6.45, 7) is 1.67. The van der Waals surface area contributed by atoms with Gasteiger partial charge in [0, 0.05) is 55.8 Å². The molecule has 1 aliphatic rings. The third kappa shape index (κ3) is 8.73. The predicted octanol–water partition coefficient (Wildman–Crippen LogP) is 6.30. The first kappa shape index (κ1) is 33.3. The molecule has 0 bridgehead atoms. The molecule has 0 saturated heterocycles. The van der Waals surface area contributed by atoms with Crippen LogP contribution >= 0.6 is 23.2 Å². The smallest absolute Gasteiger partial charge is 0.258 e. The molecule has 1 atom stereocenters. The molecule has 0 fully saturated rings. The maximum atomic E-state index is 14.4. The Morgan fingerprint density at radius 3 is 2.34 bits per heavy atom. The monoisotopic (exact) mass is 641 g/mol. The van der Waals surface area contributed by atoms with Crippen LogP contribution in [0.5, 0.6) is 5.75 Å². The Morgan fingerprint density at radius 1 is 0.909 bits per heavy atom. The van der Waals surface area contributed by atoms with Crippen LogP contribution in [0.25, 0.3) is 0 Å². The van der Waals surface area contributed by atoms with Gasteiger partial charge in [-0.3, -0.25) is 14.4 Å². The van der Waals surface area contributed by atoms with Crippen molar-refractivity contribution in [3.8, 4) is 5.75 Å². The first-order valence-corrected chi connectivity index (χ1v) is 15.6. The molecule has 3 aromatic rings. The Hall–Kier alpha value is -3.62. The van der Waals surface area contributed by atoms with E-state index in [1.807, 2.05) is 30.3 Å². The molecule has 0 radical (unpaired) electrons. The Morgan fingerprint density at radius 2 is 1.61 bits per heavy atom. The topological polar surface area (TPSA) is 70.2 Å². The van der Waals surface area contributed by atoms with Crippen molar-refractivity contribution in [2.45, 2.75) is 44.6 Å². The van der Waals surface area contributed by atoms with Crippen LogP contribution in [0.3, 0.4) is 0 Å². The zero-order chi connectivity index (χ0) is 31.6. The molecule has 1 aliphatic heterocycles. The minimum absolute atomic E-state index is 0.135. The molecule has 0 unspecified atom stereocenters. The molecule has 4 rings (SSSR count). The molecule has 7 nitrogen and oxygen atoms in total. The molecule has 1 heterocycles. The molecule has 0 spiro atoms. The average molecular weight is 643 g/mol. The first-order valence-electron chi connectivity index (χ1n) is 14.8. The molecule has 3 aromatic carbocycles. The fourth-order valence-electron chi connectivity index (χ4n) is 5.28. The first-order chi connectivity index (χ1) is 21.2. The highest BCUT2D eigenvalue weighted by molar-refractivity contribution is 6.31. The lowest BCUT2D eigenvalue weighted by Gasteiger charge is -2.31. The fourth-order valence-corrected chi connectivity index (χ4v) is 5.68. The van der Waals surface area contributed by atoms with Gasteiger partial charge in [-0.1, -0.05) is 59.6 Å². The van der Waals surface area contributed by atoms with Gasteiger partial charge in [0.2, 0.25) is 11.8 Å². The van der Waals surface area contributed by atoms with Crippen molar-refractivity contribution < 1.29 is 23.5 Å². The summed E-state index contributed by atoms with van der Waals surface area (Å²) in [5.74, 6) is -0.903. The second kappa shape index (κ2) is 15.9. The van der Waals surface area contributed by atoms with Crippen molar-refractivity contribution in [3.63, 3.8) is 0 Å². The molecule has 234 valence electrons. The second-order valence-electron chi connectivity index (χ2n) is 11.0. The lowest BCUT2D eigenvalue weighted by molar-refractivity contribution is -0.135. The quantitative estimate of drug-likeness (QED) is 0.335. The SMILES string of the molecule is CN1CCCCN(C(=O)Cc2c(F)cccc2Cl)CCCCOc2ccc(Cl)cc2C(=O)N(C)[C@@H](Cc2ccccc2)C1=O. The number of fused-ring (bicyclic) bond motifs is 1. The van der Waals surface area contributed by atoms with Crippen molar-refractivity contribution in [3.05, 3.63) is 99.3 Å². The van der Waals surface area contributed by atoms with Gasteiger partial charge in [-0.2, -0.15) is 0 Å².